The van der Waals surface area contributed by atoms with Gasteiger partial charge in [-0.15, -0.1) is 0 Å². The van der Waals surface area contributed by atoms with Crippen LogP contribution in [0.3, 0.4) is 0 Å². The minimum Gasteiger partial charge on any atom is -0.410 e. The molecule has 5 heteroatoms. The highest BCUT2D eigenvalue weighted by molar-refractivity contribution is 6.30. The predicted molar refractivity (Wildman–Crippen MR) is 108 cm³/mol. The van der Waals surface area contributed by atoms with Crippen molar-refractivity contribution in [3.63, 3.8) is 0 Å². The van der Waals surface area contributed by atoms with E-state index in [0.29, 0.717) is 10.8 Å². The molecule has 146 valence electrons. The zero-order valence-electron chi connectivity index (χ0n) is 16.3. The first-order valence-electron chi connectivity index (χ1n) is 9.99. The minimum atomic E-state index is -0.246. The van der Waals surface area contributed by atoms with Crippen LogP contribution < -0.4 is 4.74 Å². The standard InChI is InChI=1S/C21H33ClN2O2/c1-3-14-23(2)15-6-4-5-7-18-12-16-24(17-13-18)21(25)26-20-10-8-19(22)9-11-20/h8-11,18H,3-7,12-17H2,1-2H3. The summed E-state index contributed by atoms with van der Waals surface area (Å²) in [5, 5.41) is 0.641. The summed E-state index contributed by atoms with van der Waals surface area (Å²) in [6, 6.07) is 6.92. The van der Waals surface area contributed by atoms with Gasteiger partial charge < -0.3 is 14.5 Å². The van der Waals surface area contributed by atoms with Crippen molar-refractivity contribution in [3.8, 4) is 5.75 Å². The van der Waals surface area contributed by atoms with Gasteiger partial charge in [-0.3, -0.25) is 0 Å². The lowest BCUT2D eigenvalue weighted by Crippen LogP contribution is -2.40. The second kappa shape index (κ2) is 11.5. The third-order valence-electron chi connectivity index (χ3n) is 5.15. The number of rotatable bonds is 9. The Kier molecular flexibility index (Phi) is 9.27. The Hall–Kier alpha value is -1.26. The zero-order chi connectivity index (χ0) is 18.8. The maximum absolute atomic E-state index is 12.2. The molecule has 1 aliphatic rings. The van der Waals surface area contributed by atoms with Crippen molar-refractivity contribution < 1.29 is 9.53 Å². The average Bonchev–Trinajstić information content (AvgIpc) is 2.64. The van der Waals surface area contributed by atoms with Crippen LogP contribution in [0.5, 0.6) is 5.75 Å². The van der Waals surface area contributed by atoms with Crippen LogP contribution in [0.2, 0.25) is 5.02 Å². The zero-order valence-corrected chi connectivity index (χ0v) is 17.0. The van der Waals surface area contributed by atoms with Gasteiger partial charge in [-0.1, -0.05) is 37.8 Å². The van der Waals surface area contributed by atoms with Gasteiger partial charge in [0.25, 0.3) is 0 Å². The first kappa shape index (κ1) is 21.0. The van der Waals surface area contributed by atoms with E-state index in [4.69, 9.17) is 16.3 Å². The highest BCUT2D eigenvalue weighted by Crippen LogP contribution is 2.24. The Morgan fingerprint density at radius 3 is 2.50 bits per heavy atom. The number of unbranched alkanes of at least 4 members (excludes halogenated alkanes) is 2. The van der Waals surface area contributed by atoms with Crippen LogP contribution in [-0.2, 0) is 0 Å². The maximum Gasteiger partial charge on any atom is 0.415 e. The Morgan fingerprint density at radius 1 is 1.15 bits per heavy atom. The molecule has 1 aliphatic heterocycles. The van der Waals surface area contributed by atoms with Gasteiger partial charge >= 0.3 is 6.09 Å². The molecule has 0 atom stereocenters. The van der Waals surface area contributed by atoms with Gasteiger partial charge in [-0.05, 0) is 76.0 Å². The van der Waals surface area contributed by atoms with Crippen LogP contribution >= 0.6 is 11.6 Å². The SMILES string of the molecule is CCCN(C)CCCCCC1CCN(C(=O)Oc2ccc(Cl)cc2)CC1. The Bertz CT molecular complexity index is 527. The quantitative estimate of drug-likeness (QED) is 0.534. The molecular formula is C21H33ClN2O2. The van der Waals surface area contributed by atoms with E-state index in [1.54, 1.807) is 24.3 Å². The summed E-state index contributed by atoms with van der Waals surface area (Å²) in [5.41, 5.74) is 0. The van der Waals surface area contributed by atoms with Crippen molar-refractivity contribution in [1.29, 1.82) is 0 Å². The summed E-state index contributed by atoms with van der Waals surface area (Å²) in [5.74, 6) is 1.30. The number of piperidine rings is 1. The summed E-state index contributed by atoms with van der Waals surface area (Å²) in [6.45, 7) is 6.24. The van der Waals surface area contributed by atoms with Crippen molar-refractivity contribution in [3.05, 3.63) is 29.3 Å². The van der Waals surface area contributed by atoms with Crippen LogP contribution in [0.1, 0.15) is 51.9 Å². The van der Waals surface area contributed by atoms with Crippen LogP contribution in [-0.4, -0.2) is 49.1 Å². The van der Waals surface area contributed by atoms with E-state index in [2.05, 4.69) is 18.9 Å². The van der Waals surface area contributed by atoms with Crippen LogP contribution in [0, 0.1) is 5.92 Å². The summed E-state index contributed by atoms with van der Waals surface area (Å²) in [7, 11) is 2.21. The van der Waals surface area contributed by atoms with E-state index in [9.17, 15) is 4.79 Å². The number of ether oxygens (including phenoxy) is 1. The van der Waals surface area contributed by atoms with E-state index in [-0.39, 0.29) is 6.09 Å². The second-order valence-corrected chi connectivity index (χ2v) is 7.84. The third kappa shape index (κ3) is 7.55. The van der Waals surface area contributed by atoms with Crippen molar-refractivity contribution in [2.24, 2.45) is 5.92 Å². The molecule has 0 aromatic heterocycles. The molecule has 0 saturated carbocycles. The highest BCUT2D eigenvalue weighted by Gasteiger charge is 2.23. The Morgan fingerprint density at radius 2 is 1.85 bits per heavy atom. The smallest absolute Gasteiger partial charge is 0.410 e. The molecule has 1 heterocycles. The fourth-order valence-electron chi connectivity index (χ4n) is 3.56. The Balaban J connectivity index is 1.58. The average molecular weight is 381 g/mol. The van der Waals surface area contributed by atoms with Crippen molar-refractivity contribution in [2.75, 3.05) is 33.2 Å². The lowest BCUT2D eigenvalue weighted by atomic mass is 9.91. The molecular weight excluding hydrogens is 348 g/mol. The number of halogens is 1. The molecule has 1 fully saturated rings. The number of nitrogens with zero attached hydrogens (tertiary/aromatic N) is 2. The van der Waals surface area contributed by atoms with E-state index < -0.39 is 0 Å². The van der Waals surface area contributed by atoms with Gasteiger partial charge in [-0.2, -0.15) is 0 Å². The van der Waals surface area contributed by atoms with Gasteiger partial charge in [0.1, 0.15) is 5.75 Å². The van der Waals surface area contributed by atoms with Gasteiger partial charge in [0.05, 0.1) is 0 Å². The molecule has 0 bridgehead atoms. The number of hydrogen-bond donors (Lipinski definition) is 0. The fraction of sp³-hybridized carbons (Fsp3) is 0.667. The van der Waals surface area contributed by atoms with E-state index in [1.807, 2.05) is 4.90 Å². The fourth-order valence-corrected chi connectivity index (χ4v) is 3.68. The third-order valence-corrected chi connectivity index (χ3v) is 5.40. The molecule has 0 radical (unpaired) electrons. The molecule has 4 nitrogen and oxygen atoms in total. The molecule has 1 aromatic rings. The van der Waals surface area contributed by atoms with E-state index in [1.165, 1.54) is 45.2 Å². The number of carbonyl (C=O) groups excluding carboxylic acids is 1. The van der Waals surface area contributed by atoms with Gasteiger partial charge in [-0.25, -0.2) is 4.79 Å². The molecule has 0 aliphatic carbocycles. The van der Waals surface area contributed by atoms with Gasteiger partial charge in [0.2, 0.25) is 0 Å². The summed E-state index contributed by atoms with van der Waals surface area (Å²) in [6.07, 6.45) is 8.36. The van der Waals surface area contributed by atoms with Crippen molar-refractivity contribution in [2.45, 2.75) is 51.9 Å². The highest BCUT2D eigenvalue weighted by atomic mass is 35.5. The number of likely N-dealkylation sites (tertiary alicyclic amines) is 1. The first-order valence-corrected chi connectivity index (χ1v) is 10.4. The van der Waals surface area contributed by atoms with E-state index in [0.717, 1.165) is 31.8 Å². The lowest BCUT2D eigenvalue weighted by Gasteiger charge is -2.31. The molecule has 0 N–H and O–H groups in total. The molecule has 26 heavy (non-hydrogen) atoms. The maximum atomic E-state index is 12.2. The summed E-state index contributed by atoms with van der Waals surface area (Å²) in [4.78, 5) is 16.5. The van der Waals surface area contributed by atoms with Crippen molar-refractivity contribution >= 4 is 17.7 Å². The molecule has 2 rings (SSSR count). The largest absolute Gasteiger partial charge is 0.415 e. The Labute approximate surface area is 163 Å². The van der Waals surface area contributed by atoms with E-state index >= 15 is 0 Å². The van der Waals surface area contributed by atoms with Gasteiger partial charge in [0, 0.05) is 18.1 Å². The number of carbonyl (C=O) groups is 1. The first-order chi connectivity index (χ1) is 12.6. The molecule has 1 aromatic carbocycles. The minimum absolute atomic E-state index is 0.246. The van der Waals surface area contributed by atoms with Gasteiger partial charge in [0.15, 0.2) is 0 Å². The number of amides is 1. The number of hydrogen-bond acceptors (Lipinski definition) is 3. The summed E-state index contributed by atoms with van der Waals surface area (Å²) >= 11 is 5.85. The topological polar surface area (TPSA) is 32.8 Å². The second-order valence-electron chi connectivity index (χ2n) is 7.40. The molecule has 0 spiro atoms. The van der Waals surface area contributed by atoms with Crippen LogP contribution in [0.15, 0.2) is 24.3 Å². The summed E-state index contributed by atoms with van der Waals surface area (Å²) < 4.78 is 5.42. The molecule has 0 unspecified atom stereocenters. The number of benzene rings is 1. The monoisotopic (exact) mass is 380 g/mol. The van der Waals surface area contributed by atoms with Crippen molar-refractivity contribution in [1.82, 2.24) is 9.80 Å². The normalized spacial score (nSPS) is 15.5. The lowest BCUT2D eigenvalue weighted by molar-refractivity contribution is 0.129. The predicted octanol–water partition coefficient (Wildman–Crippen LogP) is 5.45. The van der Waals surface area contributed by atoms with Crippen LogP contribution in [0.4, 0.5) is 4.79 Å². The molecule has 1 saturated heterocycles. The molecule has 1 amide bonds. The van der Waals surface area contributed by atoms with Crippen LogP contribution in [0.25, 0.3) is 0 Å².